The Morgan fingerprint density at radius 1 is 1.39 bits per heavy atom. The van der Waals surface area contributed by atoms with Gasteiger partial charge in [0.05, 0.1) is 12.3 Å². The number of pyridine rings is 1. The van der Waals surface area contributed by atoms with Gasteiger partial charge in [0.1, 0.15) is 11.4 Å². The number of carbonyl (C=O) groups excluding carboxylic acids is 2. The molecule has 0 aromatic carbocycles. The Kier molecular flexibility index (Phi) is 5.28. The summed E-state index contributed by atoms with van der Waals surface area (Å²) >= 11 is 1.05. The first kappa shape index (κ1) is 16.9. The standard InChI is InChI=1S/C15H17N3O4S/c1-4-22-14(21)13-10(3)16-15(23-13)17-11(19)8-18-6-5-9(2)7-12(18)20/h5-7H,4,8H2,1-3H3,(H,16,17,19). The van der Waals surface area contributed by atoms with Gasteiger partial charge in [0.25, 0.3) is 5.56 Å². The van der Waals surface area contributed by atoms with Crippen LogP contribution in [0.25, 0.3) is 0 Å². The molecule has 1 N–H and O–H groups in total. The summed E-state index contributed by atoms with van der Waals surface area (Å²) < 4.78 is 6.22. The van der Waals surface area contributed by atoms with Crippen molar-refractivity contribution in [1.82, 2.24) is 9.55 Å². The molecule has 0 aliphatic heterocycles. The third kappa shape index (κ3) is 4.26. The Labute approximate surface area is 136 Å². The number of thiazole rings is 1. The Hall–Kier alpha value is -2.48. The summed E-state index contributed by atoms with van der Waals surface area (Å²) in [6.07, 6.45) is 1.56. The van der Waals surface area contributed by atoms with Crippen molar-refractivity contribution in [2.45, 2.75) is 27.3 Å². The highest BCUT2D eigenvalue weighted by atomic mass is 32.1. The van der Waals surface area contributed by atoms with Gasteiger partial charge in [-0.3, -0.25) is 9.59 Å². The Morgan fingerprint density at radius 3 is 2.78 bits per heavy atom. The van der Waals surface area contributed by atoms with Gasteiger partial charge >= 0.3 is 5.97 Å². The molecular formula is C15H17N3O4S. The minimum atomic E-state index is -0.460. The predicted molar refractivity (Wildman–Crippen MR) is 86.9 cm³/mol. The normalized spacial score (nSPS) is 10.4. The molecule has 0 bridgehead atoms. The monoisotopic (exact) mass is 335 g/mol. The van der Waals surface area contributed by atoms with Gasteiger partial charge in [-0.15, -0.1) is 0 Å². The van der Waals surface area contributed by atoms with E-state index < -0.39 is 5.97 Å². The maximum Gasteiger partial charge on any atom is 0.350 e. The summed E-state index contributed by atoms with van der Waals surface area (Å²) in [5.74, 6) is -0.849. The third-order valence-corrected chi connectivity index (χ3v) is 4.02. The number of ether oxygens (including phenoxy) is 1. The van der Waals surface area contributed by atoms with Crippen molar-refractivity contribution in [1.29, 1.82) is 0 Å². The zero-order chi connectivity index (χ0) is 17.0. The first-order valence-electron chi connectivity index (χ1n) is 7.02. The Balaban J connectivity index is 2.07. The molecule has 0 aliphatic rings. The van der Waals surface area contributed by atoms with Crippen LogP contribution in [0, 0.1) is 13.8 Å². The van der Waals surface area contributed by atoms with Crippen molar-refractivity contribution < 1.29 is 14.3 Å². The molecule has 0 unspecified atom stereocenters. The van der Waals surface area contributed by atoms with E-state index in [1.807, 2.05) is 0 Å². The van der Waals surface area contributed by atoms with Crippen molar-refractivity contribution in [2.24, 2.45) is 0 Å². The van der Waals surface area contributed by atoms with Crippen LogP contribution in [0.5, 0.6) is 0 Å². The van der Waals surface area contributed by atoms with Crippen molar-refractivity contribution in [3.63, 3.8) is 0 Å². The maximum absolute atomic E-state index is 12.0. The molecule has 0 aliphatic carbocycles. The van der Waals surface area contributed by atoms with Crippen LogP contribution in [0.2, 0.25) is 0 Å². The van der Waals surface area contributed by atoms with Crippen molar-refractivity contribution >= 4 is 28.3 Å². The number of aromatic nitrogens is 2. The molecular weight excluding hydrogens is 318 g/mol. The van der Waals surface area contributed by atoms with Crippen molar-refractivity contribution in [3.8, 4) is 0 Å². The summed E-state index contributed by atoms with van der Waals surface area (Å²) in [7, 11) is 0. The molecule has 2 rings (SSSR count). The lowest BCUT2D eigenvalue weighted by molar-refractivity contribution is -0.116. The van der Waals surface area contributed by atoms with Gasteiger partial charge in [-0.05, 0) is 32.4 Å². The van der Waals surface area contributed by atoms with Crippen LogP contribution in [0.3, 0.4) is 0 Å². The van der Waals surface area contributed by atoms with Gasteiger partial charge in [0, 0.05) is 12.3 Å². The summed E-state index contributed by atoms with van der Waals surface area (Å²) in [5.41, 5.74) is 1.08. The summed E-state index contributed by atoms with van der Waals surface area (Å²) in [6, 6.07) is 3.21. The van der Waals surface area contributed by atoms with Crippen LogP contribution in [-0.4, -0.2) is 28.0 Å². The number of carbonyl (C=O) groups is 2. The molecule has 23 heavy (non-hydrogen) atoms. The molecule has 0 atom stereocenters. The Bertz CT molecular complexity index is 794. The topological polar surface area (TPSA) is 90.3 Å². The van der Waals surface area contributed by atoms with Crippen LogP contribution in [-0.2, 0) is 16.1 Å². The first-order valence-corrected chi connectivity index (χ1v) is 7.84. The minimum absolute atomic E-state index is 0.119. The van der Waals surface area contributed by atoms with Crippen LogP contribution in [0.4, 0.5) is 5.13 Å². The highest BCUT2D eigenvalue weighted by Crippen LogP contribution is 2.23. The number of hydrogen-bond donors (Lipinski definition) is 1. The maximum atomic E-state index is 12.0. The summed E-state index contributed by atoms with van der Waals surface area (Å²) in [6.45, 7) is 5.35. The molecule has 2 aromatic rings. The van der Waals surface area contributed by atoms with Crippen molar-refractivity contribution in [2.75, 3.05) is 11.9 Å². The number of hydrogen-bond acceptors (Lipinski definition) is 6. The minimum Gasteiger partial charge on any atom is -0.462 e. The van der Waals surface area contributed by atoms with E-state index in [9.17, 15) is 14.4 Å². The molecule has 8 heteroatoms. The van der Waals surface area contributed by atoms with E-state index in [0.29, 0.717) is 15.7 Å². The zero-order valence-corrected chi connectivity index (χ0v) is 13.9. The second-order valence-electron chi connectivity index (χ2n) is 4.87. The average molecular weight is 335 g/mol. The number of anilines is 1. The second-order valence-corrected chi connectivity index (χ2v) is 5.87. The number of amides is 1. The van der Waals surface area contributed by atoms with Crippen LogP contribution in [0.15, 0.2) is 23.1 Å². The number of aryl methyl sites for hydroxylation is 2. The fourth-order valence-electron chi connectivity index (χ4n) is 1.89. The molecule has 0 radical (unpaired) electrons. The highest BCUT2D eigenvalue weighted by Gasteiger charge is 2.17. The lowest BCUT2D eigenvalue weighted by Gasteiger charge is -2.05. The molecule has 0 fully saturated rings. The molecule has 0 spiro atoms. The van der Waals surface area contributed by atoms with Crippen LogP contribution in [0.1, 0.15) is 27.9 Å². The van der Waals surface area contributed by atoms with Gasteiger partial charge in [0.15, 0.2) is 5.13 Å². The molecule has 122 valence electrons. The van der Waals surface area contributed by atoms with Crippen LogP contribution >= 0.6 is 11.3 Å². The summed E-state index contributed by atoms with van der Waals surface area (Å²) in [4.78, 5) is 40.0. The second kappa shape index (κ2) is 7.19. The number of rotatable bonds is 5. The van der Waals surface area contributed by atoms with Gasteiger partial charge in [-0.1, -0.05) is 11.3 Å². The first-order chi connectivity index (χ1) is 10.9. The number of nitrogens with zero attached hydrogens (tertiary/aromatic N) is 2. The number of nitrogens with one attached hydrogen (secondary N) is 1. The predicted octanol–water partition coefficient (Wildman–Crippen LogP) is 1.74. The SMILES string of the molecule is CCOC(=O)c1sc(NC(=O)Cn2ccc(C)cc2=O)nc1C. The van der Waals surface area contributed by atoms with Crippen LogP contribution < -0.4 is 10.9 Å². The van der Waals surface area contributed by atoms with E-state index in [4.69, 9.17) is 4.74 Å². The number of esters is 1. The van der Waals surface area contributed by atoms with Gasteiger partial charge in [0.2, 0.25) is 5.91 Å². The van der Waals surface area contributed by atoms with Gasteiger partial charge in [-0.25, -0.2) is 9.78 Å². The average Bonchev–Trinajstić information content (AvgIpc) is 2.83. The quantitative estimate of drug-likeness (QED) is 0.841. The molecule has 2 aromatic heterocycles. The van der Waals surface area contributed by atoms with E-state index in [0.717, 1.165) is 16.9 Å². The van der Waals surface area contributed by atoms with Gasteiger partial charge in [-0.2, -0.15) is 0 Å². The fourth-order valence-corrected chi connectivity index (χ4v) is 2.76. The van der Waals surface area contributed by atoms with E-state index in [1.54, 1.807) is 33.0 Å². The lowest BCUT2D eigenvalue weighted by Crippen LogP contribution is -2.26. The van der Waals surface area contributed by atoms with Gasteiger partial charge < -0.3 is 14.6 Å². The molecule has 7 nitrogen and oxygen atoms in total. The molecule has 0 saturated heterocycles. The van der Waals surface area contributed by atoms with Crippen molar-refractivity contribution in [3.05, 3.63) is 44.8 Å². The third-order valence-electron chi connectivity index (χ3n) is 2.97. The van der Waals surface area contributed by atoms with E-state index in [2.05, 4.69) is 10.3 Å². The fraction of sp³-hybridized carbons (Fsp3) is 0.333. The lowest BCUT2D eigenvalue weighted by atomic mass is 10.3. The highest BCUT2D eigenvalue weighted by molar-refractivity contribution is 7.17. The Morgan fingerprint density at radius 2 is 2.13 bits per heavy atom. The molecule has 2 heterocycles. The molecule has 1 amide bonds. The molecule has 0 saturated carbocycles. The smallest absolute Gasteiger partial charge is 0.350 e. The summed E-state index contributed by atoms with van der Waals surface area (Å²) in [5, 5.41) is 2.89. The van der Waals surface area contributed by atoms with E-state index >= 15 is 0 Å². The van der Waals surface area contributed by atoms with E-state index in [1.165, 1.54) is 10.6 Å². The zero-order valence-electron chi connectivity index (χ0n) is 13.1. The largest absolute Gasteiger partial charge is 0.462 e. The van der Waals surface area contributed by atoms with E-state index in [-0.39, 0.29) is 24.6 Å².